The third-order valence-electron chi connectivity index (χ3n) is 2.62. The second kappa shape index (κ2) is 4.40. The number of hydrogen-bond acceptors (Lipinski definition) is 4. The molecule has 0 radical (unpaired) electrons. The van der Waals surface area contributed by atoms with Gasteiger partial charge in [-0.2, -0.15) is 0 Å². The minimum Gasteiger partial charge on any atom is -0.504 e. The number of benzene rings is 1. The lowest BCUT2D eigenvalue weighted by Crippen LogP contribution is -2.49. The van der Waals surface area contributed by atoms with Gasteiger partial charge in [0, 0.05) is 6.42 Å². The summed E-state index contributed by atoms with van der Waals surface area (Å²) in [7, 11) is 0. The largest absolute Gasteiger partial charge is 0.504 e. The number of carboxylic acids is 1. The molecule has 0 saturated carbocycles. The highest BCUT2D eigenvalue weighted by atomic mass is 16.4. The van der Waals surface area contributed by atoms with Crippen molar-refractivity contribution in [3.05, 3.63) is 23.8 Å². The van der Waals surface area contributed by atoms with E-state index in [2.05, 4.69) is 0 Å². The highest BCUT2D eigenvalue weighted by molar-refractivity contribution is 5.78. The van der Waals surface area contributed by atoms with Crippen molar-refractivity contribution in [3.63, 3.8) is 0 Å². The van der Waals surface area contributed by atoms with Crippen LogP contribution < -0.4 is 5.73 Å². The number of carboxylic acid groups (broad SMARTS) is 1. The third kappa shape index (κ3) is 2.43. The lowest BCUT2D eigenvalue weighted by Gasteiger charge is -2.22. The van der Waals surface area contributed by atoms with Crippen molar-refractivity contribution < 1.29 is 20.1 Å². The number of aromatic hydroxyl groups is 2. The second-order valence-electron chi connectivity index (χ2n) is 3.81. The van der Waals surface area contributed by atoms with Crippen LogP contribution in [-0.4, -0.2) is 26.8 Å². The fourth-order valence-electron chi connectivity index (χ4n) is 1.40. The molecule has 0 spiro atoms. The molecule has 0 bridgehead atoms. The monoisotopic (exact) mass is 225 g/mol. The van der Waals surface area contributed by atoms with Crippen LogP contribution in [0.15, 0.2) is 18.2 Å². The van der Waals surface area contributed by atoms with Crippen molar-refractivity contribution in [2.75, 3.05) is 0 Å². The Kier molecular flexibility index (Phi) is 3.39. The Bertz CT molecular complexity index is 405. The van der Waals surface area contributed by atoms with Crippen LogP contribution >= 0.6 is 0 Å². The predicted molar refractivity (Wildman–Crippen MR) is 58.3 cm³/mol. The predicted octanol–water partition coefficient (Wildman–Crippen LogP) is 0.832. The van der Waals surface area contributed by atoms with E-state index in [0.29, 0.717) is 5.56 Å². The molecule has 88 valence electrons. The van der Waals surface area contributed by atoms with Crippen molar-refractivity contribution in [1.29, 1.82) is 0 Å². The highest BCUT2D eigenvalue weighted by Gasteiger charge is 2.32. The summed E-state index contributed by atoms with van der Waals surface area (Å²) < 4.78 is 0. The van der Waals surface area contributed by atoms with Crippen LogP contribution in [0.2, 0.25) is 0 Å². The molecule has 5 N–H and O–H groups in total. The van der Waals surface area contributed by atoms with Gasteiger partial charge in [-0.1, -0.05) is 13.0 Å². The lowest BCUT2D eigenvalue weighted by molar-refractivity contribution is -0.143. The Labute approximate surface area is 93.1 Å². The Balaban J connectivity index is 2.95. The number of phenolic OH excluding ortho intramolecular Hbond substituents is 2. The number of phenols is 2. The summed E-state index contributed by atoms with van der Waals surface area (Å²) in [5.74, 6) is -1.60. The Hall–Kier alpha value is -1.75. The van der Waals surface area contributed by atoms with E-state index in [9.17, 15) is 9.90 Å². The zero-order valence-corrected chi connectivity index (χ0v) is 8.97. The van der Waals surface area contributed by atoms with Crippen molar-refractivity contribution in [2.45, 2.75) is 25.3 Å². The molecular formula is C11H15NO4. The van der Waals surface area contributed by atoms with Gasteiger partial charge >= 0.3 is 5.97 Å². The van der Waals surface area contributed by atoms with Gasteiger partial charge in [0.2, 0.25) is 0 Å². The summed E-state index contributed by atoms with van der Waals surface area (Å²) in [5.41, 5.74) is 4.94. The van der Waals surface area contributed by atoms with E-state index in [1.54, 1.807) is 6.92 Å². The molecule has 5 heteroatoms. The molecule has 0 aliphatic heterocycles. The lowest BCUT2D eigenvalue weighted by atomic mass is 9.89. The van der Waals surface area contributed by atoms with E-state index in [1.165, 1.54) is 18.2 Å². The number of hydrogen-bond donors (Lipinski definition) is 4. The molecule has 0 fully saturated rings. The number of nitrogens with two attached hydrogens (primary N) is 1. The normalized spacial score (nSPS) is 14.4. The summed E-state index contributed by atoms with van der Waals surface area (Å²) in [6.07, 6.45) is 0.386. The molecule has 1 aromatic rings. The Morgan fingerprint density at radius 2 is 2.00 bits per heavy atom. The molecule has 0 heterocycles. The first-order valence-electron chi connectivity index (χ1n) is 4.92. The maximum atomic E-state index is 11.0. The number of carbonyl (C=O) groups is 1. The van der Waals surface area contributed by atoms with E-state index in [4.69, 9.17) is 15.9 Å². The van der Waals surface area contributed by atoms with Gasteiger partial charge in [-0.05, 0) is 24.1 Å². The van der Waals surface area contributed by atoms with E-state index in [-0.39, 0.29) is 24.3 Å². The van der Waals surface area contributed by atoms with Crippen LogP contribution in [0.5, 0.6) is 11.5 Å². The molecule has 16 heavy (non-hydrogen) atoms. The van der Waals surface area contributed by atoms with Crippen molar-refractivity contribution >= 4 is 5.97 Å². The maximum absolute atomic E-state index is 11.0. The van der Waals surface area contributed by atoms with Crippen LogP contribution in [0.4, 0.5) is 0 Å². The fraction of sp³-hybridized carbons (Fsp3) is 0.364. The van der Waals surface area contributed by atoms with E-state index < -0.39 is 11.5 Å². The van der Waals surface area contributed by atoms with Crippen LogP contribution in [0.1, 0.15) is 18.9 Å². The van der Waals surface area contributed by atoms with Crippen molar-refractivity contribution in [3.8, 4) is 11.5 Å². The molecule has 0 saturated heterocycles. The zero-order chi connectivity index (χ0) is 12.3. The van der Waals surface area contributed by atoms with Gasteiger partial charge < -0.3 is 21.1 Å². The average Bonchev–Trinajstić information content (AvgIpc) is 2.23. The van der Waals surface area contributed by atoms with Crippen molar-refractivity contribution in [1.82, 2.24) is 0 Å². The van der Waals surface area contributed by atoms with Gasteiger partial charge in [0.25, 0.3) is 0 Å². The van der Waals surface area contributed by atoms with Gasteiger partial charge in [0.05, 0.1) is 0 Å². The molecule has 0 aromatic heterocycles. The topological polar surface area (TPSA) is 104 Å². The average molecular weight is 225 g/mol. The molecule has 0 aliphatic rings. The molecular weight excluding hydrogens is 210 g/mol. The molecule has 1 aromatic carbocycles. The quantitative estimate of drug-likeness (QED) is 0.568. The Morgan fingerprint density at radius 3 is 2.44 bits per heavy atom. The summed E-state index contributed by atoms with van der Waals surface area (Å²) in [5, 5.41) is 27.4. The maximum Gasteiger partial charge on any atom is 0.324 e. The van der Waals surface area contributed by atoms with Crippen LogP contribution in [-0.2, 0) is 11.2 Å². The first-order chi connectivity index (χ1) is 7.39. The van der Waals surface area contributed by atoms with Crippen LogP contribution in [0.3, 0.4) is 0 Å². The molecule has 5 nitrogen and oxygen atoms in total. The van der Waals surface area contributed by atoms with E-state index in [1.807, 2.05) is 0 Å². The molecule has 0 aliphatic carbocycles. The van der Waals surface area contributed by atoms with Gasteiger partial charge in [0.15, 0.2) is 11.5 Å². The summed E-state index contributed by atoms with van der Waals surface area (Å²) in [4.78, 5) is 11.0. The smallest absolute Gasteiger partial charge is 0.324 e. The first kappa shape index (κ1) is 12.3. The van der Waals surface area contributed by atoms with Crippen LogP contribution in [0, 0.1) is 0 Å². The third-order valence-corrected chi connectivity index (χ3v) is 2.62. The van der Waals surface area contributed by atoms with Crippen LogP contribution in [0.25, 0.3) is 0 Å². The highest BCUT2D eigenvalue weighted by Crippen LogP contribution is 2.27. The SMILES string of the molecule is CCC(N)(Cc1ccc(O)c(O)c1)C(=O)O. The van der Waals surface area contributed by atoms with Gasteiger partial charge in [-0.3, -0.25) is 4.79 Å². The fourth-order valence-corrected chi connectivity index (χ4v) is 1.40. The van der Waals surface area contributed by atoms with Gasteiger partial charge in [-0.25, -0.2) is 0 Å². The zero-order valence-electron chi connectivity index (χ0n) is 8.97. The van der Waals surface area contributed by atoms with E-state index in [0.717, 1.165) is 0 Å². The summed E-state index contributed by atoms with van der Waals surface area (Å²) >= 11 is 0. The van der Waals surface area contributed by atoms with E-state index >= 15 is 0 Å². The molecule has 1 rings (SSSR count). The molecule has 1 atom stereocenters. The van der Waals surface area contributed by atoms with Gasteiger partial charge in [0.1, 0.15) is 5.54 Å². The molecule has 1 unspecified atom stereocenters. The summed E-state index contributed by atoms with van der Waals surface area (Å²) in [6.45, 7) is 1.69. The number of aliphatic carboxylic acids is 1. The minimum absolute atomic E-state index is 0.104. The standard InChI is InChI=1S/C11H15NO4/c1-2-11(12,10(15)16)6-7-3-4-8(13)9(14)5-7/h3-5,13-14H,2,6,12H2,1H3,(H,15,16). The van der Waals surface area contributed by atoms with Gasteiger partial charge in [-0.15, -0.1) is 0 Å². The molecule has 0 amide bonds. The second-order valence-corrected chi connectivity index (χ2v) is 3.81. The Morgan fingerprint density at radius 1 is 1.38 bits per heavy atom. The number of rotatable bonds is 4. The summed E-state index contributed by atoms with van der Waals surface area (Å²) in [6, 6.07) is 4.16. The minimum atomic E-state index is -1.34. The first-order valence-corrected chi connectivity index (χ1v) is 4.92. The van der Waals surface area contributed by atoms with Crippen molar-refractivity contribution in [2.24, 2.45) is 5.73 Å².